The number of anilines is 2. The lowest BCUT2D eigenvalue weighted by Crippen LogP contribution is -2.21. The van der Waals surface area contributed by atoms with Crippen LogP contribution in [-0.2, 0) is 5.41 Å². The van der Waals surface area contributed by atoms with Gasteiger partial charge in [-0.05, 0) is 20.1 Å². The monoisotopic (exact) mass is 296 g/mol. The van der Waals surface area contributed by atoms with Gasteiger partial charge in [-0.1, -0.05) is 27.7 Å². The first-order valence-corrected chi connectivity index (χ1v) is 8.48. The van der Waals surface area contributed by atoms with Crippen molar-refractivity contribution in [3.8, 4) is 0 Å². The van der Waals surface area contributed by atoms with E-state index in [9.17, 15) is 0 Å². The Morgan fingerprint density at radius 1 is 1.15 bits per heavy atom. The number of hydrogen-bond donors (Lipinski definition) is 2. The Labute approximate surface area is 127 Å². The van der Waals surface area contributed by atoms with Gasteiger partial charge in [0.2, 0.25) is 0 Å². The minimum Gasteiger partial charge on any atom is -0.370 e. The third-order valence-corrected chi connectivity index (χ3v) is 4.09. The zero-order chi connectivity index (χ0) is 15.3. The standard InChI is InChI=1S/C15H28N4S/c1-8-16-12-11(3)13(17-9-10(2)20-7)19-14(18-12)15(4,5)6/h10H,8-9H2,1-7H3,(H2,16,17,18,19). The van der Waals surface area contributed by atoms with Gasteiger partial charge in [0.15, 0.2) is 0 Å². The molecule has 0 aliphatic rings. The third kappa shape index (κ3) is 4.54. The van der Waals surface area contributed by atoms with Crippen molar-refractivity contribution in [3.63, 3.8) is 0 Å². The SMILES string of the molecule is CCNc1nc(C(C)(C)C)nc(NCC(C)SC)c1C. The Bertz CT molecular complexity index is 440. The van der Waals surface area contributed by atoms with Crippen LogP contribution in [0.25, 0.3) is 0 Å². The lowest BCUT2D eigenvalue weighted by molar-refractivity contribution is 0.546. The summed E-state index contributed by atoms with van der Waals surface area (Å²) in [7, 11) is 0. The van der Waals surface area contributed by atoms with Crippen LogP contribution < -0.4 is 10.6 Å². The highest BCUT2D eigenvalue weighted by molar-refractivity contribution is 7.99. The number of hydrogen-bond acceptors (Lipinski definition) is 5. The summed E-state index contributed by atoms with van der Waals surface area (Å²) < 4.78 is 0. The molecule has 1 rings (SSSR count). The van der Waals surface area contributed by atoms with Gasteiger partial charge in [0.25, 0.3) is 0 Å². The maximum atomic E-state index is 4.72. The molecule has 1 aromatic heterocycles. The van der Waals surface area contributed by atoms with Crippen molar-refractivity contribution >= 4 is 23.4 Å². The van der Waals surface area contributed by atoms with Gasteiger partial charge in [0.05, 0.1) is 0 Å². The predicted octanol–water partition coefficient (Wildman–Crippen LogP) is 3.68. The van der Waals surface area contributed by atoms with Crippen molar-refractivity contribution in [3.05, 3.63) is 11.4 Å². The van der Waals surface area contributed by atoms with Crippen molar-refractivity contribution in [1.82, 2.24) is 9.97 Å². The first kappa shape index (κ1) is 17.1. The topological polar surface area (TPSA) is 49.8 Å². The summed E-state index contributed by atoms with van der Waals surface area (Å²) in [6.45, 7) is 14.6. The second kappa shape index (κ2) is 7.16. The molecule has 1 aromatic rings. The highest BCUT2D eigenvalue weighted by atomic mass is 32.2. The lowest BCUT2D eigenvalue weighted by Gasteiger charge is -2.21. The average molecular weight is 296 g/mol. The van der Waals surface area contributed by atoms with Gasteiger partial charge in [0, 0.05) is 29.3 Å². The van der Waals surface area contributed by atoms with E-state index < -0.39 is 0 Å². The van der Waals surface area contributed by atoms with Crippen LogP contribution in [0.15, 0.2) is 0 Å². The van der Waals surface area contributed by atoms with Crippen molar-refractivity contribution in [2.75, 3.05) is 30.0 Å². The van der Waals surface area contributed by atoms with Crippen molar-refractivity contribution in [2.45, 2.75) is 52.2 Å². The Morgan fingerprint density at radius 3 is 2.15 bits per heavy atom. The first-order chi connectivity index (χ1) is 9.29. The highest BCUT2D eigenvalue weighted by Crippen LogP contribution is 2.26. The predicted molar refractivity (Wildman–Crippen MR) is 91.1 cm³/mol. The summed E-state index contributed by atoms with van der Waals surface area (Å²) in [5, 5.41) is 7.36. The van der Waals surface area contributed by atoms with Crippen LogP contribution >= 0.6 is 11.8 Å². The van der Waals surface area contributed by atoms with Crippen LogP contribution in [0.2, 0.25) is 0 Å². The molecule has 4 nitrogen and oxygen atoms in total. The van der Waals surface area contributed by atoms with Crippen LogP contribution in [0, 0.1) is 6.92 Å². The van der Waals surface area contributed by atoms with E-state index in [1.165, 1.54) is 0 Å². The van der Waals surface area contributed by atoms with E-state index in [0.29, 0.717) is 5.25 Å². The molecular formula is C15H28N4S. The summed E-state index contributed by atoms with van der Waals surface area (Å²) >= 11 is 1.85. The van der Waals surface area contributed by atoms with Crippen LogP contribution in [0.3, 0.4) is 0 Å². The summed E-state index contributed by atoms with van der Waals surface area (Å²) in [4.78, 5) is 9.40. The molecule has 0 aliphatic carbocycles. The fraction of sp³-hybridized carbons (Fsp3) is 0.733. The van der Waals surface area contributed by atoms with Crippen LogP contribution in [0.1, 0.15) is 46.0 Å². The molecule has 2 N–H and O–H groups in total. The van der Waals surface area contributed by atoms with Gasteiger partial charge in [-0.2, -0.15) is 11.8 Å². The minimum absolute atomic E-state index is 0.0561. The van der Waals surface area contributed by atoms with Gasteiger partial charge in [0.1, 0.15) is 17.5 Å². The molecule has 0 saturated heterocycles. The molecule has 1 atom stereocenters. The molecule has 0 spiro atoms. The zero-order valence-electron chi connectivity index (χ0n) is 13.8. The first-order valence-electron chi connectivity index (χ1n) is 7.19. The maximum absolute atomic E-state index is 4.72. The van der Waals surface area contributed by atoms with E-state index in [-0.39, 0.29) is 5.41 Å². The third-order valence-electron chi connectivity index (χ3n) is 3.12. The molecule has 0 saturated carbocycles. The second-order valence-corrected chi connectivity index (χ2v) is 7.35. The smallest absolute Gasteiger partial charge is 0.138 e. The molecule has 114 valence electrons. The zero-order valence-corrected chi connectivity index (χ0v) is 14.6. The molecule has 0 aromatic carbocycles. The molecule has 1 heterocycles. The Hall–Kier alpha value is -0.970. The summed E-state index contributed by atoms with van der Waals surface area (Å²) in [6.07, 6.45) is 2.13. The van der Waals surface area contributed by atoms with Gasteiger partial charge in [-0.25, -0.2) is 9.97 Å². The number of aromatic nitrogens is 2. The average Bonchev–Trinajstić information content (AvgIpc) is 2.38. The fourth-order valence-corrected chi connectivity index (χ4v) is 1.94. The van der Waals surface area contributed by atoms with Gasteiger partial charge >= 0.3 is 0 Å². The van der Waals surface area contributed by atoms with E-state index in [4.69, 9.17) is 4.98 Å². The van der Waals surface area contributed by atoms with Crippen molar-refractivity contribution < 1.29 is 0 Å². The molecule has 5 heteroatoms. The Morgan fingerprint density at radius 2 is 1.70 bits per heavy atom. The number of nitrogens with zero attached hydrogens (tertiary/aromatic N) is 2. The summed E-state index contributed by atoms with van der Waals surface area (Å²) in [5.74, 6) is 2.76. The Kier molecular flexibility index (Phi) is 6.11. The van der Waals surface area contributed by atoms with Gasteiger partial charge in [-0.3, -0.25) is 0 Å². The van der Waals surface area contributed by atoms with Crippen LogP contribution in [-0.4, -0.2) is 34.6 Å². The van der Waals surface area contributed by atoms with Crippen LogP contribution in [0.5, 0.6) is 0 Å². The number of rotatable bonds is 6. The van der Waals surface area contributed by atoms with Crippen molar-refractivity contribution in [2.24, 2.45) is 0 Å². The van der Waals surface area contributed by atoms with Gasteiger partial charge in [-0.15, -0.1) is 0 Å². The van der Waals surface area contributed by atoms with E-state index in [0.717, 1.165) is 36.1 Å². The summed E-state index contributed by atoms with van der Waals surface area (Å²) in [6, 6.07) is 0. The van der Waals surface area contributed by atoms with Crippen molar-refractivity contribution in [1.29, 1.82) is 0 Å². The summed E-state index contributed by atoms with van der Waals surface area (Å²) in [5.41, 5.74) is 1.03. The molecule has 1 unspecified atom stereocenters. The molecule has 0 bridgehead atoms. The molecule has 0 aliphatic heterocycles. The second-order valence-electron chi connectivity index (χ2n) is 6.08. The quantitative estimate of drug-likeness (QED) is 0.838. The van der Waals surface area contributed by atoms with E-state index in [2.05, 4.69) is 63.4 Å². The molecule has 0 fully saturated rings. The maximum Gasteiger partial charge on any atom is 0.138 e. The van der Waals surface area contributed by atoms with E-state index >= 15 is 0 Å². The largest absolute Gasteiger partial charge is 0.370 e. The van der Waals surface area contributed by atoms with E-state index in [1.54, 1.807) is 0 Å². The van der Waals surface area contributed by atoms with Gasteiger partial charge < -0.3 is 10.6 Å². The molecular weight excluding hydrogens is 268 g/mol. The molecule has 0 amide bonds. The number of thioether (sulfide) groups is 1. The Balaban J connectivity index is 3.10. The number of nitrogens with one attached hydrogen (secondary N) is 2. The van der Waals surface area contributed by atoms with E-state index in [1.807, 2.05) is 11.8 Å². The normalized spacial score (nSPS) is 13.2. The molecule has 0 radical (unpaired) electrons. The molecule has 20 heavy (non-hydrogen) atoms. The van der Waals surface area contributed by atoms with Crippen LogP contribution in [0.4, 0.5) is 11.6 Å². The highest BCUT2D eigenvalue weighted by Gasteiger charge is 2.21. The fourth-order valence-electron chi connectivity index (χ4n) is 1.69. The lowest BCUT2D eigenvalue weighted by atomic mass is 9.95. The minimum atomic E-state index is -0.0561.